The zero-order valence-corrected chi connectivity index (χ0v) is 13.3. The largest absolute Gasteiger partial charge is 0.369 e. The van der Waals surface area contributed by atoms with Gasteiger partial charge in [-0.2, -0.15) is 4.99 Å². The van der Waals surface area contributed by atoms with Crippen molar-refractivity contribution in [3.63, 3.8) is 0 Å². The van der Waals surface area contributed by atoms with E-state index in [2.05, 4.69) is 33.9 Å². The summed E-state index contributed by atoms with van der Waals surface area (Å²) < 4.78 is 0. The van der Waals surface area contributed by atoms with Crippen LogP contribution in [0, 0.1) is 6.92 Å². The molecule has 0 aliphatic carbocycles. The standard InChI is InChI=1S/C15H23N5.ClH/c1-12-5-7-13(8-6-12)11-18-14(16)19-15(17)20-9-3-2-4-10-20;/h5-8H,2-4,9-11H2,1H3,(H4,16,17,18,19);1H. The number of benzene rings is 1. The summed E-state index contributed by atoms with van der Waals surface area (Å²) in [6, 6.07) is 8.21. The van der Waals surface area contributed by atoms with E-state index >= 15 is 0 Å². The van der Waals surface area contributed by atoms with Crippen LogP contribution in [0.25, 0.3) is 0 Å². The highest BCUT2D eigenvalue weighted by molar-refractivity contribution is 5.93. The van der Waals surface area contributed by atoms with E-state index in [9.17, 15) is 0 Å². The zero-order chi connectivity index (χ0) is 14.4. The summed E-state index contributed by atoms with van der Waals surface area (Å²) in [4.78, 5) is 10.5. The van der Waals surface area contributed by atoms with E-state index in [4.69, 9.17) is 11.5 Å². The quantitative estimate of drug-likeness (QED) is 0.648. The molecule has 5 nitrogen and oxygen atoms in total. The van der Waals surface area contributed by atoms with Crippen LogP contribution in [0.2, 0.25) is 0 Å². The Hall–Kier alpha value is -1.75. The molecule has 0 aromatic heterocycles. The lowest BCUT2D eigenvalue weighted by Crippen LogP contribution is -2.41. The Morgan fingerprint density at radius 1 is 1.10 bits per heavy atom. The van der Waals surface area contributed by atoms with Crippen molar-refractivity contribution in [1.82, 2.24) is 4.90 Å². The number of aliphatic imine (C=N–C) groups is 2. The van der Waals surface area contributed by atoms with Gasteiger partial charge < -0.3 is 16.4 Å². The van der Waals surface area contributed by atoms with Crippen molar-refractivity contribution in [3.05, 3.63) is 35.4 Å². The zero-order valence-electron chi connectivity index (χ0n) is 12.5. The van der Waals surface area contributed by atoms with Crippen LogP contribution in [0.1, 0.15) is 30.4 Å². The second-order valence-corrected chi connectivity index (χ2v) is 5.18. The molecule has 4 N–H and O–H groups in total. The molecule has 6 heteroatoms. The van der Waals surface area contributed by atoms with E-state index in [0.29, 0.717) is 12.5 Å². The van der Waals surface area contributed by atoms with Crippen molar-refractivity contribution in [2.75, 3.05) is 13.1 Å². The molecular weight excluding hydrogens is 286 g/mol. The molecule has 116 valence electrons. The van der Waals surface area contributed by atoms with Gasteiger partial charge in [-0.05, 0) is 31.7 Å². The van der Waals surface area contributed by atoms with E-state index < -0.39 is 0 Å². The summed E-state index contributed by atoms with van der Waals surface area (Å²) >= 11 is 0. The Morgan fingerprint density at radius 3 is 2.33 bits per heavy atom. The second kappa shape index (κ2) is 8.52. The minimum Gasteiger partial charge on any atom is -0.369 e. The number of nitrogens with two attached hydrogens (primary N) is 2. The van der Waals surface area contributed by atoms with Gasteiger partial charge in [-0.1, -0.05) is 29.8 Å². The molecule has 0 radical (unpaired) electrons. The molecule has 1 aromatic carbocycles. The number of piperidine rings is 1. The van der Waals surface area contributed by atoms with Crippen LogP contribution in [0.4, 0.5) is 0 Å². The third-order valence-electron chi connectivity index (χ3n) is 3.45. The van der Waals surface area contributed by atoms with Crippen molar-refractivity contribution < 1.29 is 0 Å². The van der Waals surface area contributed by atoms with Gasteiger partial charge >= 0.3 is 0 Å². The topological polar surface area (TPSA) is 80.0 Å². The summed E-state index contributed by atoms with van der Waals surface area (Å²) in [5, 5.41) is 0. The number of rotatable bonds is 2. The van der Waals surface area contributed by atoms with Gasteiger partial charge in [0.25, 0.3) is 0 Å². The van der Waals surface area contributed by atoms with Gasteiger partial charge in [0.05, 0.1) is 6.54 Å². The minimum absolute atomic E-state index is 0. The summed E-state index contributed by atoms with van der Waals surface area (Å²) in [6.07, 6.45) is 3.59. The lowest BCUT2D eigenvalue weighted by molar-refractivity contribution is 0.339. The van der Waals surface area contributed by atoms with Crippen molar-refractivity contribution in [1.29, 1.82) is 0 Å². The highest BCUT2D eigenvalue weighted by atomic mass is 35.5. The molecule has 1 saturated heterocycles. The number of aryl methyl sites for hydroxylation is 1. The first-order valence-electron chi connectivity index (χ1n) is 7.10. The first-order chi connectivity index (χ1) is 9.65. The summed E-state index contributed by atoms with van der Waals surface area (Å²) in [7, 11) is 0. The molecule has 1 aliphatic rings. The molecule has 1 aromatic rings. The summed E-state index contributed by atoms with van der Waals surface area (Å²) in [5.41, 5.74) is 14.1. The maximum absolute atomic E-state index is 5.95. The monoisotopic (exact) mass is 309 g/mol. The molecule has 0 unspecified atom stereocenters. The van der Waals surface area contributed by atoms with E-state index in [0.717, 1.165) is 31.5 Å². The van der Waals surface area contributed by atoms with E-state index in [1.54, 1.807) is 0 Å². The molecule has 1 aliphatic heterocycles. The van der Waals surface area contributed by atoms with Gasteiger partial charge in [0.1, 0.15) is 0 Å². The van der Waals surface area contributed by atoms with Gasteiger partial charge in [0.15, 0.2) is 5.96 Å². The van der Waals surface area contributed by atoms with Crippen molar-refractivity contribution in [2.24, 2.45) is 21.5 Å². The van der Waals surface area contributed by atoms with Crippen molar-refractivity contribution >= 4 is 24.3 Å². The third kappa shape index (κ3) is 5.63. The average molecular weight is 310 g/mol. The van der Waals surface area contributed by atoms with Crippen molar-refractivity contribution in [3.8, 4) is 0 Å². The molecule has 1 fully saturated rings. The first kappa shape index (κ1) is 17.3. The van der Waals surface area contributed by atoms with Crippen LogP contribution in [-0.2, 0) is 6.54 Å². The Morgan fingerprint density at radius 2 is 1.71 bits per heavy atom. The van der Waals surface area contributed by atoms with Crippen LogP contribution in [0.15, 0.2) is 34.3 Å². The predicted octanol–water partition coefficient (Wildman–Crippen LogP) is 2.03. The number of likely N-dealkylation sites (tertiary alicyclic amines) is 1. The number of hydrogen-bond donors (Lipinski definition) is 2. The van der Waals surface area contributed by atoms with Gasteiger partial charge in [0, 0.05) is 13.1 Å². The fourth-order valence-electron chi connectivity index (χ4n) is 2.21. The van der Waals surface area contributed by atoms with Crippen LogP contribution in [-0.4, -0.2) is 29.9 Å². The molecule has 0 saturated carbocycles. The summed E-state index contributed by atoms with van der Waals surface area (Å²) in [6.45, 7) is 4.51. The molecule has 0 amide bonds. The average Bonchev–Trinajstić information content (AvgIpc) is 2.47. The second-order valence-electron chi connectivity index (χ2n) is 5.18. The van der Waals surface area contributed by atoms with Gasteiger partial charge in [-0.15, -0.1) is 12.4 Å². The normalized spacial score (nSPS) is 16.5. The maximum atomic E-state index is 5.95. The molecular formula is C15H24ClN5. The van der Waals surface area contributed by atoms with Crippen LogP contribution < -0.4 is 11.5 Å². The number of hydrogen-bond acceptors (Lipinski definition) is 1. The van der Waals surface area contributed by atoms with E-state index in [1.165, 1.54) is 12.0 Å². The van der Waals surface area contributed by atoms with Gasteiger partial charge in [0.2, 0.25) is 5.96 Å². The van der Waals surface area contributed by atoms with Crippen LogP contribution in [0.5, 0.6) is 0 Å². The molecule has 0 spiro atoms. The Bertz CT molecular complexity index is 489. The van der Waals surface area contributed by atoms with Gasteiger partial charge in [-0.3, -0.25) is 0 Å². The molecule has 1 heterocycles. The minimum atomic E-state index is 0. The predicted molar refractivity (Wildman–Crippen MR) is 90.8 cm³/mol. The highest BCUT2D eigenvalue weighted by Gasteiger charge is 2.11. The number of nitrogens with zero attached hydrogens (tertiary/aromatic N) is 3. The lowest BCUT2D eigenvalue weighted by Gasteiger charge is -2.27. The SMILES string of the molecule is Cc1ccc(CN=C(N)N=C(N)N2CCCCC2)cc1.Cl. The highest BCUT2D eigenvalue weighted by Crippen LogP contribution is 2.08. The molecule has 21 heavy (non-hydrogen) atoms. The van der Waals surface area contributed by atoms with E-state index in [1.807, 2.05) is 12.1 Å². The first-order valence-corrected chi connectivity index (χ1v) is 7.10. The Balaban J connectivity index is 0.00000220. The number of guanidine groups is 2. The summed E-state index contributed by atoms with van der Waals surface area (Å²) in [5.74, 6) is 0.725. The van der Waals surface area contributed by atoms with Gasteiger partial charge in [-0.25, -0.2) is 4.99 Å². The van der Waals surface area contributed by atoms with E-state index in [-0.39, 0.29) is 18.4 Å². The number of halogens is 1. The van der Waals surface area contributed by atoms with Crippen molar-refractivity contribution in [2.45, 2.75) is 32.7 Å². The smallest absolute Gasteiger partial charge is 0.218 e. The fraction of sp³-hybridized carbons (Fsp3) is 0.467. The molecule has 0 bridgehead atoms. The third-order valence-corrected chi connectivity index (χ3v) is 3.45. The van der Waals surface area contributed by atoms with Crippen LogP contribution >= 0.6 is 12.4 Å². The molecule has 2 rings (SSSR count). The molecule has 0 atom stereocenters. The Labute approximate surface area is 132 Å². The van der Waals surface area contributed by atoms with Crippen LogP contribution in [0.3, 0.4) is 0 Å². The fourth-order valence-corrected chi connectivity index (χ4v) is 2.21. The maximum Gasteiger partial charge on any atom is 0.218 e. The lowest BCUT2D eigenvalue weighted by atomic mass is 10.1. The Kier molecular flexibility index (Phi) is 7.02.